The molecule has 1 N–H and O–H groups in total. The van der Waals surface area contributed by atoms with Crippen molar-refractivity contribution in [1.29, 1.82) is 0 Å². The summed E-state index contributed by atoms with van der Waals surface area (Å²) in [5, 5.41) is 3.42. The van der Waals surface area contributed by atoms with Gasteiger partial charge in [-0.05, 0) is 42.3 Å². The highest BCUT2D eigenvalue weighted by atomic mass is 35.5. The predicted octanol–water partition coefficient (Wildman–Crippen LogP) is 5.32. The van der Waals surface area contributed by atoms with Gasteiger partial charge in [-0.2, -0.15) is 0 Å². The molecule has 150 valence electrons. The molecule has 0 bridgehead atoms. The van der Waals surface area contributed by atoms with Crippen LogP contribution in [0.15, 0.2) is 72.4 Å². The lowest BCUT2D eigenvalue weighted by molar-refractivity contribution is -0.120. The molecular weight excluding hydrogens is 410 g/mol. The highest BCUT2D eigenvalue weighted by Gasteiger charge is 2.41. The smallest absolute Gasteiger partial charge is 0.282 e. The van der Waals surface area contributed by atoms with Gasteiger partial charge in [0.05, 0.1) is 11.3 Å². The van der Waals surface area contributed by atoms with Crippen molar-refractivity contribution in [2.24, 2.45) is 0 Å². The van der Waals surface area contributed by atoms with E-state index in [0.717, 1.165) is 23.8 Å². The van der Waals surface area contributed by atoms with Crippen molar-refractivity contribution >= 4 is 40.4 Å². The van der Waals surface area contributed by atoms with Gasteiger partial charge in [0.25, 0.3) is 11.8 Å². The summed E-state index contributed by atoms with van der Waals surface area (Å²) in [6, 6.07) is 16.2. The normalized spacial score (nSPS) is 13.9. The van der Waals surface area contributed by atoms with Crippen molar-refractivity contribution in [3.63, 3.8) is 0 Å². The zero-order chi connectivity index (χ0) is 21.4. The second-order valence-corrected chi connectivity index (χ2v) is 7.15. The molecule has 30 heavy (non-hydrogen) atoms. The molecule has 0 spiro atoms. The van der Waals surface area contributed by atoms with E-state index in [-0.39, 0.29) is 11.3 Å². The first-order chi connectivity index (χ1) is 14.4. The lowest BCUT2D eigenvalue weighted by atomic mass is 10.0. The fourth-order valence-electron chi connectivity index (χ4n) is 3.21. The van der Waals surface area contributed by atoms with Gasteiger partial charge in [-0.15, -0.1) is 0 Å². The molecule has 0 fully saturated rings. The van der Waals surface area contributed by atoms with Crippen molar-refractivity contribution in [2.75, 3.05) is 10.2 Å². The van der Waals surface area contributed by atoms with E-state index in [9.17, 15) is 18.4 Å². The molecule has 1 aliphatic rings. The Morgan fingerprint density at radius 3 is 2.33 bits per heavy atom. The fourth-order valence-corrected chi connectivity index (χ4v) is 3.39. The second-order valence-electron chi connectivity index (χ2n) is 6.75. The van der Waals surface area contributed by atoms with Crippen molar-refractivity contribution in [3.8, 4) is 0 Å². The molecule has 1 aliphatic heterocycles. The number of hydrogen-bond donors (Lipinski definition) is 1. The number of rotatable bonds is 4. The minimum absolute atomic E-state index is 0.0465. The Morgan fingerprint density at radius 1 is 0.900 bits per heavy atom. The van der Waals surface area contributed by atoms with Crippen LogP contribution in [0.2, 0.25) is 5.02 Å². The van der Waals surface area contributed by atoms with Crippen LogP contribution in [0.4, 0.5) is 20.2 Å². The van der Waals surface area contributed by atoms with E-state index < -0.39 is 29.1 Å². The third-order valence-corrected chi connectivity index (χ3v) is 5.14. The summed E-state index contributed by atoms with van der Waals surface area (Å²) in [6.07, 6.45) is 0. The SMILES string of the molecule is Cc1ccc(NC2=C(c3ccccc3)C(=O)N(c3cc(F)ccc3F)C2=O)cc1Cl. The van der Waals surface area contributed by atoms with Gasteiger partial charge in [0.2, 0.25) is 0 Å². The number of halogens is 3. The zero-order valence-corrected chi connectivity index (χ0v) is 16.5. The van der Waals surface area contributed by atoms with Gasteiger partial charge < -0.3 is 5.32 Å². The van der Waals surface area contributed by atoms with Crippen LogP contribution in [0.3, 0.4) is 0 Å². The van der Waals surface area contributed by atoms with Gasteiger partial charge in [-0.1, -0.05) is 48.0 Å². The quantitative estimate of drug-likeness (QED) is 0.576. The van der Waals surface area contributed by atoms with Crippen molar-refractivity contribution in [2.45, 2.75) is 6.92 Å². The minimum Gasteiger partial charge on any atom is -0.350 e. The topological polar surface area (TPSA) is 49.4 Å². The van der Waals surface area contributed by atoms with Gasteiger partial charge in [0, 0.05) is 16.8 Å². The lowest BCUT2D eigenvalue weighted by Crippen LogP contribution is -2.33. The number of carbonyl (C=O) groups excluding carboxylic acids is 2. The van der Waals surface area contributed by atoms with Gasteiger partial charge >= 0.3 is 0 Å². The second kappa shape index (κ2) is 7.72. The van der Waals surface area contributed by atoms with Gasteiger partial charge in [-0.3, -0.25) is 9.59 Å². The Balaban J connectivity index is 1.84. The number of anilines is 2. The van der Waals surface area contributed by atoms with Crippen LogP contribution >= 0.6 is 11.6 Å². The average molecular weight is 425 g/mol. The molecule has 0 unspecified atom stereocenters. The average Bonchev–Trinajstić information content (AvgIpc) is 2.97. The predicted molar refractivity (Wildman–Crippen MR) is 112 cm³/mol. The summed E-state index contributed by atoms with van der Waals surface area (Å²) in [5.41, 5.74) is 1.36. The molecule has 0 saturated carbocycles. The van der Waals surface area contributed by atoms with E-state index in [2.05, 4.69) is 5.32 Å². The van der Waals surface area contributed by atoms with Crippen LogP contribution in [-0.2, 0) is 9.59 Å². The monoisotopic (exact) mass is 424 g/mol. The third-order valence-electron chi connectivity index (χ3n) is 4.74. The first kappa shape index (κ1) is 19.8. The highest BCUT2D eigenvalue weighted by molar-refractivity contribution is 6.46. The van der Waals surface area contributed by atoms with Crippen LogP contribution in [0, 0.1) is 18.6 Å². The minimum atomic E-state index is -0.884. The number of nitrogens with one attached hydrogen (secondary N) is 1. The lowest BCUT2D eigenvalue weighted by Gasteiger charge is -2.16. The van der Waals surface area contributed by atoms with Gasteiger partial charge in [0.15, 0.2) is 0 Å². The van der Waals surface area contributed by atoms with E-state index in [4.69, 9.17) is 11.6 Å². The Morgan fingerprint density at radius 2 is 1.63 bits per heavy atom. The molecule has 3 aromatic carbocycles. The summed E-state index contributed by atoms with van der Waals surface area (Å²) < 4.78 is 28.1. The summed E-state index contributed by atoms with van der Waals surface area (Å²) in [4.78, 5) is 27.0. The number of amides is 2. The third kappa shape index (κ3) is 3.46. The summed E-state index contributed by atoms with van der Waals surface area (Å²) in [5.74, 6) is -3.19. The Kier molecular flexibility index (Phi) is 5.10. The Hall–Kier alpha value is -3.51. The number of nitrogens with zero attached hydrogens (tertiary/aromatic N) is 1. The summed E-state index contributed by atoms with van der Waals surface area (Å²) >= 11 is 6.17. The maximum Gasteiger partial charge on any atom is 0.282 e. The van der Waals surface area contributed by atoms with Crippen LogP contribution in [0.1, 0.15) is 11.1 Å². The van der Waals surface area contributed by atoms with Crippen LogP contribution < -0.4 is 10.2 Å². The number of benzene rings is 3. The summed E-state index contributed by atoms with van der Waals surface area (Å²) in [7, 11) is 0. The molecule has 0 saturated heterocycles. The number of aryl methyl sites for hydroxylation is 1. The van der Waals surface area contributed by atoms with E-state index in [1.165, 1.54) is 0 Å². The van der Waals surface area contributed by atoms with Crippen LogP contribution in [0.25, 0.3) is 5.57 Å². The maximum atomic E-state index is 14.4. The molecular formula is C23H15ClF2N2O2. The van der Waals surface area contributed by atoms with E-state index in [0.29, 0.717) is 21.2 Å². The van der Waals surface area contributed by atoms with Gasteiger partial charge in [0.1, 0.15) is 17.3 Å². The zero-order valence-electron chi connectivity index (χ0n) is 15.7. The maximum absolute atomic E-state index is 14.4. The highest BCUT2D eigenvalue weighted by Crippen LogP contribution is 2.35. The fraction of sp³-hybridized carbons (Fsp3) is 0.0435. The molecule has 1 heterocycles. The Bertz CT molecular complexity index is 1210. The number of hydrogen-bond acceptors (Lipinski definition) is 3. The molecule has 7 heteroatoms. The largest absolute Gasteiger partial charge is 0.350 e. The standard InChI is InChI=1S/C23H15ClF2N2O2/c1-13-7-9-16(12-17(13)24)27-21-20(14-5-3-2-4-6-14)22(29)28(23(21)30)19-11-15(25)8-10-18(19)26/h2-12,27H,1H3. The van der Waals surface area contributed by atoms with Crippen molar-refractivity contribution in [1.82, 2.24) is 0 Å². The van der Waals surface area contributed by atoms with Crippen molar-refractivity contribution < 1.29 is 18.4 Å². The molecule has 0 radical (unpaired) electrons. The van der Waals surface area contributed by atoms with E-state index in [1.807, 2.05) is 6.92 Å². The van der Waals surface area contributed by atoms with E-state index >= 15 is 0 Å². The number of carbonyl (C=O) groups is 2. The molecule has 0 atom stereocenters. The molecule has 4 nitrogen and oxygen atoms in total. The van der Waals surface area contributed by atoms with Crippen molar-refractivity contribution in [3.05, 3.63) is 100 Å². The first-order valence-electron chi connectivity index (χ1n) is 9.03. The van der Waals surface area contributed by atoms with Gasteiger partial charge in [-0.25, -0.2) is 13.7 Å². The molecule has 3 aromatic rings. The molecule has 2 amide bonds. The van der Waals surface area contributed by atoms with Crippen LogP contribution in [0.5, 0.6) is 0 Å². The first-order valence-corrected chi connectivity index (χ1v) is 9.41. The van der Waals surface area contributed by atoms with Crippen LogP contribution in [-0.4, -0.2) is 11.8 Å². The molecule has 0 aromatic heterocycles. The molecule has 0 aliphatic carbocycles. The molecule has 4 rings (SSSR count). The number of imide groups is 1. The summed E-state index contributed by atoms with van der Waals surface area (Å²) in [6.45, 7) is 1.83. The Labute approximate surface area is 176 Å². The van der Waals surface area contributed by atoms with E-state index in [1.54, 1.807) is 48.5 Å².